The average molecular weight is 380 g/mol. The number of nitrogens with one attached hydrogen (secondary N) is 1. The largest absolute Gasteiger partial charge is 0.383 e. The van der Waals surface area contributed by atoms with E-state index in [1.807, 2.05) is 32.2 Å². The number of carbonyl (C=O) groups excluding carboxylic acids is 1. The van der Waals surface area contributed by atoms with Gasteiger partial charge in [0.1, 0.15) is 5.01 Å². The number of halogens is 2. The molecule has 1 atom stereocenters. The van der Waals surface area contributed by atoms with Crippen molar-refractivity contribution < 1.29 is 9.53 Å². The van der Waals surface area contributed by atoms with Crippen molar-refractivity contribution in [3.8, 4) is 0 Å². The first-order valence-electron chi connectivity index (χ1n) is 6.94. The lowest BCUT2D eigenvalue weighted by atomic mass is 10.3. The summed E-state index contributed by atoms with van der Waals surface area (Å²) in [5, 5.41) is 4.03. The van der Waals surface area contributed by atoms with Crippen LogP contribution < -0.4 is 5.32 Å². The Morgan fingerprint density at radius 1 is 1.39 bits per heavy atom. The lowest BCUT2D eigenvalue weighted by molar-refractivity contribution is -0.130. The van der Waals surface area contributed by atoms with Crippen LogP contribution in [0.4, 0.5) is 0 Å². The number of fused-ring (bicyclic) bond motifs is 1. The second-order valence-electron chi connectivity index (χ2n) is 4.87. The van der Waals surface area contributed by atoms with E-state index in [2.05, 4.69) is 16.4 Å². The fourth-order valence-electron chi connectivity index (χ4n) is 1.94. The van der Waals surface area contributed by atoms with Gasteiger partial charge in [-0.1, -0.05) is 12.1 Å². The second-order valence-corrected chi connectivity index (χ2v) is 5.93. The Balaban J connectivity index is 0.00000242. The van der Waals surface area contributed by atoms with Gasteiger partial charge in [0.15, 0.2) is 0 Å². The van der Waals surface area contributed by atoms with E-state index in [9.17, 15) is 4.79 Å². The van der Waals surface area contributed by atoms with Crippen LogP contribution in [0, 0.1) is 0 Å². The average Bonchev–Trinajstić information content (AvgIpc) is 2.93. The monoisotopic (exact) mass is 379 g/mol. The molecule has 0 aliphatic heterocycles. The maximum Gasteiger partial charge on any atom is 0.236 e. The third-order valence-corrected chi connectivity index (χ3v) is 4.61. The Labute approximate surface area is 153 Å². The zero-order valence-electron chi connectivity index (χ0n) is 13.4. The zero-order chi connectivity index (χ0) is 15.2. The summed E-state index contributed by atoms with van der Waals surface area (Å²) in [5.74, 6) is 0.0536. The molecule has 2 aromatic rings. The lowest BCUT2D eigenvalue weighted by Gasteiger charge is -2.23. The number of rotatable bonds is 7. The highest BCUT2D eigenvalue weighted by Crippen LogP contribution is 2.28. The van der Waals surface area contributed by atoms with Crippen molar-refractivity contribution in [2.45, 2.75) is 13.0 Å². The number of likely N-dealkylation sites (N-methyl/N-ethyl adjacent to an activating group) is 1. The maximum atomic E-state index is 12.1. The van der Waals surface area contributed by atoms with E-state index in [1.165, 1.54) is 0 Å². The van der Waals surface area contributed by atoms with Crippen LogP contribution >= 0.6 is 36.2 Å². The first kappa shape index (κ1) is 22.1. The third kappa shape index (κ3) is 5.90. The van der Waals surface area contributed by atoms with Gasteiger partial charge in [0.05, 0.1) is 29.4 Å². The molecule has 1 aromatic carbocycles. The molecule has 0 spiro atoms. The number of benzene rings is 1. The minimum Gasteiger partial charge on any atom is -0.383 e. The van der Waals surface area contributed by atoms with Crippen LogP contribution in [0.5, 0.6) is 0 Å². The summed E-state index contributed by atoms with van der Waals surface area (Å²) in [6.07, 6.45) is 0. The Kier molecular flexibility index (Phi) is 10.3. The van der Waals surface area contributed by atoms with Crippen molar-refractivity contribution in [2.75, 3.05) is 33.9 Å². The van der Waals surface area contributed by atoms with Crippen molar-refractivity contribution >= 4 is 52.3 Å². The summed E-state index contributed by atoms with van der Waals surface area (Å²) in [4.78, 5) is 18.5. The second kappa shape index (κ2) is 10.8. The first-order valence-corrected chi connectivity index (χ1v) is 7.76. The van der Waals surface area contributed by atoms with Crippen molar-refractivity contribution in [3.63, 3.8) is 0 Å². The number of hydrogen-bond donors (Lipinski definition) is 1. The minimum atomic E-state index is -0.0286. The molecule has 0 aliphatic rings. The Morgan fingerprint density at radius 2 is 2.09 bits per heavy atom. The molecular weight excluding hydrogens is 357 g/mol. The minimum absolute atomic E-state index is 0. The molecule has 1 aromatic heterocycles. The van der Waals surface area contributed by atoms with Crippen LogP contribution in [-0.2, 0) is 9.53 Å². The molecule has 130 valence electrons. The molecule has 5 nitrogen and oxygen atoms in total. The highest BCUT2D eigenvalue weighted by molar-refractivity contribution is 7.18. The SMILES string of the molecule is COCCNCC(=O)N(C)C(C)c1nc2ccccc2s1.Cl.Cl. The van der Waals surface area contributed by atoms with Gasteiger partial charge in [-0.2, -0.15) is 0 Å². The quantitative estimate of drug-likeness (QED) is 0.751. The molecule has 0 fully saturated rings. The van der Waals surface area contributed by atoms with Crippen molar-refractivity contribution in [1.82, 2.24) is 15.2 Å². The van der Waals surface area contributed by atoms with Crippen LogP contribution in [0.3, 0.4) is 0 Å². The number of hydrogen-bond acceptors (Lipinski definition) is 5. The molecule has 1 heterocycles. The molecular formula is C15H23Cl2N3O2S. The van der Waals surface area contributed by atoms with E-state index >= 15 is 0 Å². The molecule has 1 unspecified atom stereocenters. The Hall–Kier alpha value is -0.920. The smallest absolute Gasteiger partial charge is 0.236 e. The summed E-state index contributed by atoms with van der Waals surface area (Å²) in [5.41, 5.74) is 0.989. The lowest BCUT2D eigenvalue weighted by Crippen LogP contribution is -2.38. The molecule has 0 bridgehead atoms. The summed E-state index contributed by atoms with van der Waals surface area (Å²) in [6, 6.07) is 8.00. The van der Waals surface area contributed by atoms with Gasteiger partial charge in [-0.3, -0.25) is 4.79 Å². The number of para-hydroxylation sites is 1. The van der Waals surface area contributed by atoms with Crippen LogP contribution in [0.2, 0.25) is 0 Å². The highest BCUT2D eigenvalue weighted by atomic mass is 35.5. The van der Waals surface area contributed by atoms with Gasteiger partial charge in [0.2, 0.25) is 5.91 Å². The predicted molar refractivity (Wildman–Crippen MR) is 100 cm³/mol. The van der Waals surface area contributed by atoms with Gasteiger partial charge in [-0.05, 0) is 19.1 Å². The van der Waals surface area contributed by atoms with E-state index in [4.69, 9.17) is 4.74 Å². The number of amides is 1. The number of methoxy groups -OCH3 is 1. The van der Waals surface area contributed by atoms with Gasteiger partial charge in [-0.15, -0.1) is 36.2 Å². The van der Waals surface area contributed by atoms with Crippen LogP contribution in [0.15, 0.2) is 24.3 Å². The van der Waals surface area contributed by atoms with E-state index in [-0.39, 0.29) is 36.8 Å². The fourth-order valence-corrected chi connectivity index (χ4v) is 3.01. The topological polar surface area (TPSA) is 54.5 Å². The highest BCUT2D eigenvalue weighted by Gasteiger charge is 2.20. The number of ether oxygens (including phenoxy) is 1. The summed E-state index contributed by atoms with van der Waals surface area (Å²) in [6.45, 7) is 3.59. The number of aromatic nitrogens is 1. The van der Waals surface area contributed by atoms with Gasteiger partial charge in [0.25, 0.3) is 0 Å². The van der Waals surface area contributed by atoms with Crippen molar-refractivity contribution in [2.24, 2.45) is 0 Å². The maximum absolute atomic E-state index is 12.1. The molecule has 0 radical (unpaired) electrons. The van der Waals surface area contributed by atoms with Crippen LogP contribution in [0.1, 0.15) is 18.0 Å². The molecule has 8 heteroatoms. The van der Waals surface area contributed by atoms with Gasteiger partial charge < -0.3 is 15.0 Å². The molecule has 0 aliphatic carbocycles. The Morgan fingerprint density at radius 3 is 2.74 bits per heavy atom. The van der Waals surface area contributed by atoms with E-state index < -0.39 is 0 Å². The number of carbonyl (C=O) groups is 1. The number of nitrogens with zero attached hydrogens (tertiary/aromatic N) is 2. The zero-order valence-corrected chi connectivity index (χ0v) is 15.9. The molecule has 1 N–H and O–H groups in total. The number of thiazole rings is 1. The molecule has 0 saturated carbocycles. The summed E-state index contributed by atoms with van der Waals surface area (Å²) >= 11 is 1.64. The normalized spacial score (nSPS) is 11.4. The van der Waals surface area contributed by atoms with E-state index in [0.29, 0.717) is 19.7 Å². The van der Waals surface area contributed by atoms with Gasteiger partial charge in [-0.25, -0.2) is 4.98 Å². The summed E-state index contributed by atoms with van der Waals surface area (Å²) in [7, 11) is 3.46. The summed E-state index contributed by atoms with van der Waals surface area (Å²) < 4.78 is 6.09. The Bertz CT molecular complexity index is 576. The van der Waals surface area contributed by atoms with Gasteiger partial charge >= 0.3 is 0 Å². The van der Waals surface area contributed by atoms with Crippen LogP contribution in [-0.4, -0.2) is 49.6 Å². The molecule has 0 saturated heterocycles. The van der Waals surface area contributed by atoms with Crippen molar-refractivity contribution in [1.29, 1.82) is 0 Å². The third-order valence-electron chi connectivity index (χ3n) is 3.40. The van der Waals surface area contributed by atoms with E-state index in [0.717, 1.165) is 15.2 Å². The van der Waals surface area contributed by atoms with E-state index in [1.54, 1.807) is 23.3 Å². The van der Waals surface area contributed by atoms with Crippen LogP contribution in [0.25, 0.3) is 10.2 Å². The molecule has 1 amide bonds. The first-order chi connectivity index (χ1) is 10.1. The molecule has 2 rings (SSSR count). The predicted octanol–water partition coefficient (Wildman–Crippen LogP) is 2.90. The fraction of sp³-hybridized carbons (Fsp3) is 0.467. The molecule has 23 heavy (non-hydrogen) atoms. The van der Waals surface area contributed by atoms with Gasteiger partial charge in [0, 0.05) is 20.7 Å². The van der Waals surface area contributed by atoms with Crippen molar-refractivity contribution in [3.05, 3.63) is 29.3 Å². The standard InChI is InChI=1S/C15H21N3O2S.2ClH/c1-11(18(2)14(19)10-16-8-9-20-3)15-17-12-6-4-5-7-13(12)21-15;;/h4-7,11,16H,8-10H2,1-3H3;2*1H.